The van der Waals surface area contributed by atoms with E-state index < -0.39 is 0 Å². The minimum Gasteiger partial charge on any atom is -0.393 e. The van der Waals surface area contributed by atoms with Crippen LogP contribution in [0.3, 0.4) is 0 Å². The average Bonchev–Trinajstić information content (AvgIpc) is 2.48. The fraction of sp³-hybridized carbons (Fsp3) is 0.471. The lowest BCUT2D eigenvalue weighted by atomic mass is 9.93. The molecule has 0 bridgehead atoms. The van der Waals surface area contributed by atoms with E-state index in [1.807, 2.05) is 25.1 Å². The zero-order chi connectivity index (χ0) is 15.2. The molecule has 1 fully saturated rings. The Hall–Kier alpha value is -1.83. The number of carbonyl (C=O) groups is 1. The van der Waals surface area contributed by atoms with E-state index in [-0.39, 0.29) is 18.1 Å². The summed E-state index contributed by atoms with van der Waals surface area (Å²) in [5.74, 6) is 5.73. The van der Waals surface area contributed by atoms with Crippen molar-refractivity contribution in [1.82, 2.24) is 5.32 Å². The number of aryl methyl sites for hydroxylation is 1. The summed E-state index contributed by atoms with van der Waals surface area (Å²) in [6.07, 6.45) is 2.96. The molecule has 4 heteroatoms. The molecule has 1 aromatic rings. The van der Waals surface area contributed by atoms with Gasteiger partial charge in [-0.3, -0.25) is 4.79 Å². The number of hydrogen-bond acceptors (Lipinski definition) is 3. The Morgan fingerprint density at radius 1 is 1.38 bits per heavy atom. The predicted octanol–water partition coefficient (Wildman–Crippen LogP) is 1.34. The SMILES string of the molecule is Cc1ccc(C(=O)NC2CCC(O)CC2)cc1C#CCN. The molecule has 0 heterocycles. The molecule has 0 spiro atoms. The molecule has 0 saturated heterocycles. The van der Waals surface area contributed by atoms with Gasteiger partial charge in [0.25, 0.3) is 5.91 Å². The van der Waals surface area contributed by atoms with E-state index in [1.165, 1.54) is 0 Å². The summed E-state index contributed by atoms with van der Waals surface area (Å²) >= 11 is 0. The van der Waals surface area contributed by atoms with Crippen molar-refractivity contribution in [3.63, 3.8) is 0 Å². The van der Waals surface area contributed by atoms with Gasteiger partial charge in [0, 0.05) is 17.2 Å². The summed E-state index contributed by atoms with van der Waals surface area (Å²) in [6, 6.07) is 5.68. The molecular weight excluding hydrogens is 264 g/mol. The van der Waals surface area contributed by atoms with Crippen LogP contribution in [-0.4, -0.2) is 29.7 Å². The average molecular weight is 286 g/mol. The van der Waals surface area contributed by atoms with E-state index in [0.717, 1.165) is 36.8 Å². The standard InChI is InChI=1S/C17H22N2O2/c1-12-4-5-14(11-13(12)3-2-10-18)17(21)19-15-6-8-16(20)9-7-15/h4-5,11,15-16,20H,6-10,18H2,1H3,(H,19,21). The molecule has 0 radical (unpaired) electrons. The number of aliphatic hydroxyl groups excluding tert-OH is 1. The first-order chi connectivity index (χ1) is 10.1. The molecule has 1 aromatic carbocycles. The van der Waals surface area contributed by atoms with Gasteiger partial charge in [0.15, 0.2) is 0 Å². The Balaban J connectivity index is 2.05. The van der Waals surface area contributed by atoms with Gasteiger partial charge in [-0.1, -0.05) is 17.9 Å². The van der Waals surface area contributed by atoms with Crippen LogP contribution >= 0.6 is 0 Å². The first-order valence-corrected chi connectivity index (χ1v) is 7.38. The van der Waals surface area contributed by atoms with Crippen LogP contribution in [-0.2, 0) is 0 Å². The number of rotatable bonds is 2. The summed E-state index contributed by atoms with van der Waals surface area (Å²) in [5, 5.41) is 12.5. The Labute approximate surface area is 125 Å². The minimum absolute atomic E-state index is 0.0767. The fourth-order valence-corrected chi connectivity index (χ4v) is 2.53. The van der Waals surface area contributed by atoms with Gasteiger partial charge in [0.2, 0.25) is 0 Å². The lowest BCUT2D eigenvalue weighted by Gasteiger charge is -2.26. The summed E-state index contributed by atoms with van der Waals surface area (Å²) in [6.45, 7) is 2.27. The molecule has 0 atom stereocenters. The maximum absolute atomic E-state index is 12.3. The molecule has 1 saturated carbocycles. The van der Waals surface area contributed by atoms with Crippen molar-refractivity contribution >= 4 is 5.91 Å². The van der Waals surface area contributed by atoms with E-state index >= 15 is 0 Å². The van der Waals surface area contributed by atoms with Crippen molar-refractivity contribution in [1.29, 1.82) is 0 Å². The van der Waals surface area contributed by atoms with Crippen LogP contribution in [0.5, 0.6) is 0 Å². The Morgan fingerprint density at radius 2 is 2.10 bits per heavy atom. The lowest BCUT2D eigenvalue weighted by Crippen LogP contribution is -2.38. The maximum atomic E-state index is 12.3. The van der Waals surface area contributed by atoms with Crippen LogP contribution in [0.15, 0.2) is 18.2 Å². The topological polar surface area (TPSA) is 75.3 Å². The molecule has 2 rings (SSSR count). The molecule has 4 N–H and O–H groups in total. The van der Waals surface area contributed by atoms with Crippen molar-refractivity contribution in [2.24, 2.45) is 5.73 Å². The van der Waals surface area contributed by atoms with E-state index in [1.54, 1.807) is 0 Å². The van der Waals surface area contributed by atoms with Gasteiger partial charge in [-0.2, -0.15) is 0 Å². The van der Waals surface area contributed by atoms with E-state index in [0.29, 0.717) is 12.1 Å². The number of carbonyl (C=O) groups excluding carboxylic acids is 1. The largest absolute Gasteiger partial charge is 0.393 e. The number of nitrogens with one attached hydrogen (secondary N) is 1. The van der Waals surface area contributed by atoms with Crippen molar-refractivity contribution in [3.05, 3.63) is 34.9 Å². The molecular formula is C17H22N2O2. The van der Waals surface area contributed by atoms with Crippen molar-refractivity contribution in [3.8, 4) is 11.8 Å². The second-order valence-electron chi connectivity index (χ2n) is 5.51. The highest BCUT2D eigenvalue weighted by molar-refractivity contribution is 5.94. The number of amides is 1. The normalized spacial score (nSPS) is 21.3. The molecule has 4 nitrogen and oxygen atoms in total. The third-order valence-electron chi connectivity index (χ3n) is 3.86. The van der Waals surface area contributed by atoms with Gasteiger partial charge < -0.3 is 16.2 Å². The van der Waals surface area contributed by atoms with Crippen LogP contribution in [0.25, 0.3) is 0 Å². The summed E-state index contributed by atoms with van der Waals surface area (Å²) < 4.78 is 0. The summed E-state index contributed by atoms with van der Waals surface area (Å²) in [7, 11) is 0. The number of hydrogen-bond donors (Lipinski definition) is 3. The number of nitrogens with two attached hydrogens (primary N) is 1. The molecule has 0 unspecified atom stereocenters. The highest BCUT2D eigenvalue weighted by Crippen LogP contribution is 2.19. The van der Waals surface area contributed by atoms with Gasteiger partial charge >= 0.3 is 0 Å². The van der Waals surface area contributed by atoms with E-state index in [9.17, 15) is 9.90 Å². The Bertz CT molecular complexity index is 564. The first kappa shape index (κ1) is 15.6. The number of aliphatic hydroxyl groups is 1. The predicted molar refractivity (Wildman–Crippen MR) is 82.8 cm³/mol. The van der Waals surface area contributed by atoms with Crippen LogP contribution < -0.4 is 11.1 Å². The quantitative estimate of drug-likeness (QED) is 0.718. The van der Waals surface area contributed by atoms with Crippen LogP contribution in [0.2, 0.25) is 0 Å². The van der Waals surface area contributed by atoms with Crippen molar-refractivity contribution in [2.75, 3.05) is 6.54 Å². The molecule has 1 aliphatic rings. The third kappa shape index (κ3) is 4.32. The molecule has 1 aliphatic carbocycles. The second kappa shape index (κ2) is 7.26. The molecule has 0 aromatic heterocycles. The van der Waals surface area contributed by atoms with E-state index in [4.69, 9.17) is 5.73 Å². The van der Waals surface area contributed by atoms with E-state index in [2.05, 4.69) is 17.2 Å². The Morgan fingerprint density at radius 3 is 2.76 bits per heavy atom. The van der Waals surface area contributed by atoms with Crippen molar-refractivity contribution in [2.45, 2.75) is 44.8 Å². The number of benzene rings is 1. The molecule has 0 aliphatic heterocycles. The van der Waals surface area contributed by atoms with Crippen LogP contribution in [0.1, 0.15) is 47.2 Å². The first-order valence-electron chi connectivity index (χ1n) is 7.38. The Kier molecular flexibility index (Phi) is 5.38. The van der Waals surface area contributed by atoms with Gasteiger partial charge in [-0.15, -0.1) is 0 Å². The third-order valence-corrected chi connectivity index (χ3v) is 3.86. The highest BCUT2D eigenvalue weighted by Gasteiger charge is 2.21. The second-order valence-corrected chi connectivity index (χ2v) is 5.51. The highest BCUT2D eigenvalue weighted by atomic mass is 16.3. The van der Waals surface area contributed by atoms with Gasteiger partial charge in [-0.05, 0) is 50.3 Å². The molecule has 1 amide bonds. The van der Waals surface area contributed by atoms with Gasteiger partial charge in [0.05, 0.1) is 12.6 Å². The lowest BCUT2D eigenvalue weighted by molar-refractivity contribution is 0.0867. The minimum atomic E-state index is -0.212. The monoisotopic (exact) mass is 286 g/mol. The zero-order valence-corrected chi connectivity index (χ0v) is 12.4. The smallest absolute Gasteiger partial charge is 0.251 e. The van der Waals surface area contributed by atoms with Gasteiger partial charge in [-0.25, -0.2) is 0 Å². The fourth-order valence-electron chi connectivity index (χ4n) is 2.53. The van der Waals surface area contributed by atoms with Crippen LogP contribution in [0.4, 0.5) is 0 Å². The van der Waals surface area contributed by atoms with Crippen molar-refractivity contribution < 1.29 is 9.90 Å². The molecule has 112 valence electrons. The molecule has 21 heavy (non-hydrogen) atoms. The zero-order valence-electron chi connectivity index (χ0n) is 12.4. The van der Waals surface area contributed by atoms with Gasteiger partial charge in [0.1, 0.15) is 0 Å². The summed E-state index contributed by atoms with van der Waals surface area (Å²) in [5.41, 5.74) is 7.88. The maximum Gasteiger partial charge on any atom is 0.251 e. The van der Waals surface area contributed by atoms with Crippen LogP contribution in [0, 0.1) is 18.8 Å². The summed E-state index contributed by atoms with van der Waals surface area (Å²) in [4.78, 5) is 12.3.